The highest BCUT2D eigenvalue weighted by Crippen LogP contribution is 2.34. The molecule has 1 aromatic heterocycles. The van der Waals surface area contributed by atoms with E-state index in [1.54, 1.807) is 20.8 Å². The molecule has 1 aromatic rings. The van der Waals surface area contributed by atoms with Crippen LogP contribution in [0.15, 0.2) is 17.3 Å². The molecular formula is C17H19F3N4O2. The van der Waals surface area contributed by atoms with Crippen molar-refractivity contribution in [3.05, 3.63) is 34.8 Å². The van der Waals surface area contributed by atoms with Gasteiger partial charge in [-0.15, -0.1) is 0 Å². The maximum Gasteiger partial charge on any atom is 0.417 e. The normalized spacial score (nSPS) is 12.8. The number of allylic oxidation sites excluding steroid dienone is 1. The molecule has 0 spiro atoms. The van der Waals surface area contributed by atoms with Gasteiger partial charge in [0.05, 0.1) is 22.5 Å². The van der Waals surface area contributed by atoms with Gasteiger partial charge >= 0.3 is 12.3 Å². The van der Waals surface area contributed by atoms with Crippen LogP contribution in [0.4, 0.5) is 18.0 Å². The van der Waals surface area contributed by atoms with Gasteiger partial charge in [-0.05, 0) is 33.8 Å². The average molecular weight is 368 g/mol. The van der Waals surface area contributed by atoms with E-state index in [4.69, 9.17) is 10.00 Å². The molecule has 0 atom stereocenters. The van der Waals surface area contributed by atoms with Gasteiger partial charge in [0, 0.05) is 25.0 Å². The number of amides is 1. The van der Waals surface area contributed by atoms with Crippen LogP contribution < -0.4 is 5.32 Å². The summed E-state index contributed by atoms with van der Waals surface area (Å²) < 4.78 is 44.7. The average Bonchev–Trinajstić information content (AvgIpc) is 2.48. The number of aliphatic imine (C=N–C) groups is 1. The number of rotatable bonds is 3. The van der Waals surface area contributed by atoms with Crippen molar-refractivity contribution in [2.24, 2.45) is 4.99 Å². The van der Waals surface area contributed by atoms with Crippen molar-refractivity contribution in [2.45, 2.75) is 39.5 Å². The van der Waals surface area contributed by atoms with Crippen LogP contribution in [0.25, 0.3) is 5.57 Å². The first-order chi connectivity index (χ1) is 11.9. The van der Waals surface area contributed by atoms with Crippen LogP contribution in [0.1, 0.15) is 43.3 Å². The number of nitrogens with one attached hydrogen (secondary N) is 1. The highest BCUT2D eigenvalue weighted by atomic mass is 19.4. The summed E-state index contributed by atoms with van der Waals surface area (Å²) in [4.78, 5) is 19.5. The van der Waals surface area contributed by atoms with Gasteiger partial charge in [0.25, 0.3) is 0 Å². The molecule has 140 valence electrons. The fraction of sp³-hybridized carbons (Fsp3) is 0.412. The van der Waals surface area contributed by atoms with Crippen LogP contribution in [-0.4, -0.2) is 29.9 Å². The van der Waals surface area contributed by atoms with Gasteiger partial charge in [-0.25, -0.2) is 4.79 Å². The first kappa shape index (κ1) is 21.2. The second kappa shape index (κ2) is 7.99. The topological polar surface area (TPSA) is 87.4 Å². The Balaban J connectivity index is 3.35. The highest BCUT2D eigenvalue weighted by Gasteiger charge is 2.35. The number of nitriles is 1. The molecule has 0 aliphatic carbocycles. The van der Waals surface area contributed by atoms with Crippen molar-refractivity contribution in [3.8, 4) is 6.07 Å². The van der Waals surface area contributed by atoms with Gasteiger partial charge in [-0.2, -0.15) is 18.4 Å². The van der Waals surface area contributed by atoms with E-state index in [0.717, 1.165) is 12.3 Å². The SMILES string of the molecule is CN=C/C(=C\NC(=O)OC(C)(C)C)c1cc(C(F)(F)F)c(C#N)c(C)n1. The maximum atomic E-state index is 13.2. The molecular weight excluding hydrogens is 349 g/mol. The number of hydrogen-bond donors (Lipinski definition) is 1. The zero-order chi connectivity index (χ0) is 20.1. The van der Waals surface area contributed by atoms with Gasteiger partial charge in [0.15, 0.2) is 0 Å². The molecule has 0 fully saturated rings. The molecule has 0 saturated carbocycles. The summed E-state index contributed by atoms with van der Waals surface area (Å²) in [5, 5.41) is 11.3. The van der Waals surface area contributed by atoms with E-state index in [1.165, 1.54) is 26.3 Å². The lowest BCUT2D eigenvalue weighted by Gasteiger charge is -2.19. The van der Waals surface area contributed by atoms with Crippen LogP contribution in [0.5, 0.6) is 0 Å². The molecule has 1 amide bonds. The molecule has 0 aliphatic rings. The van der Waals surface area contributed by atoms with E-state index >= 15 is 0 Å². The highest BCUT2D eigenvalue weighted by molar-refractivity contribution is 6.09. The Kier molecular flexibility index (Phi) is 6.50. The first-order valence-electron chi connectivity index (χ1n) is 7.50. The van der Waals surface area contributed by atoms with Crippen molar-refractivity contribution in [1.29, 1.82) is 5.26 Å². The molecule has 0 aromatic carbocycles. The van der Waals surface area contributed by atoms with E-state index in [1.807, 2.05) is 0 Å². The number of hydrogen-bond acceptors (Lipinski definition) is 5. The largest absolute Gasteiger partial charge is 0.444 e. The standard InChI is InChI=1S/C17H19F3N4O2/c1-10-12(7-21)13(17(18,19)20)6-14(24-10)11(8-22-5)9-23-15(25)26-16(2,3)4/h6,8-9H,1-5H3,(H,23,25)/b11-9+,22-8?. The van der Waals surface area contributed by atoms with Gasteiger partial charge in [-0.3, -0.25) is 15.3 Å². The number of alkyl halides is 3. The number of carbonyl (C=O) groups is 1. The number of aryl methyl sites for hydroxylation is 1. The van der Waals surface area contributed by atoms with Crippen molar-refractivity contribution in [1.82, 2.24) is 10.3 Å². The molecule has 0 aliphatic heterocycles. The van der Waals surface area contributed by atoms with Gasteiger partial charge in [0.2, 0.25) is 0 Å². The molecule has 26 heavy (non-hydrogen) atoms. The second-order valence-electron chi connectivity index (χ2n) is 6.26. The van der Waals surface area contributed by atoms with Crippen LogP contribution >= 0.6 is 0 Å². The van der Waals surface area contributed by atoms with E-state index in [0.29, 0.717) is 0 Å². The Morgan fingerprint density at radius 2 is 2.00 bits per heavy atom. The Morgan fingerprint density at radius 1 is 1.38 bits per heavy atom. The predicted molar refractivity (Wildman–Crippen MR) is 90.5 cm³/mol. The number of halogens is 3. The van der Waals surface area contributed by atoms with E-state index in [2.05, 4.69) is 15.3 Å². The van der Waals surface area contributed by atoms with Crippen LogP contribution in [0.3, 0.4) is 0 Å². The zero-order valence-electron chi connectivity index (χ0n) is 15.0. The number of nitrogens with zero attached hydrogens (tertiary/aromatic N) is 3. The number of pyridine rings is 1. The van der Waals surface area contributed by atoms with Crippen molar-refractivity contribution in [2.75, 3.05) is 7.05 Å². The van der Waals surface area contributed by atoms with Crippen LogP contribution in [0.2, 0.25) is 0 Å². The second-order valence-corrected chi connectivity index (χ2v) is 6.26. The molecule has 1 heterocycles. The fourth-order valence-electron chi connectivity index (χ4n) is 1.95. The summed E-state index contributed by atoms with van der Waals surface area (Å²) in [6.45, 7) is 6.32. The molecule has 0 unspecified atom stereocenters. The smallest absolute Gasteiger partial charge is 0.417 e. The third-order valence-electron chi connectivity index (χ3n) is 2.93. The summed E-state index contributed by atoms with van der Waals surface area (Å²) >= 11 is 0. The molecule has 0 radical (unpaired) electrons. The molecule has 9 heteroatoms. The summed E-state index contributed by atoms with van der Waals surface area (Å²) in [6, 6.07) is 2.27. The minimum atomic E-state index is -4.72. The summed E-state index contributed by atoms with van der Waals surface area (Å²) in [5.74, 6) is 0. The van der Waals surface area contributed by atoms with Crippen molar-refractivity contribution >= 4 is 17.9 Å². The summed E-state index contributed by atoms with van der Waals surface area (Å²) in [5.41, 5.74) is -2.43. The van der Waals surface area contributed by atoms with Crippen LogP contribution in [-0.2, 0) is 10.9 Å². The van der Waals surface area contributed by atoms with Gasteiger partial charge in [-0.1, -0.05) is 0 Å². The lowest BCUT2D eigenvalue weighted by atomic mass is 10.0. The summed E-state index contributed by atoms with van der Waals surface area (Å²) in [6.07, 6.45) is -3.11. The van der Waals surface area contributed by atoms with E-state index < -0.39 is 29.0 Å². The molecule has 0 bridgehead atoms. The fourth-order valence-corrected chi connectivity index (χ4v) is 1.95. The lowest BCUT2D eigenvalue weighted by Crippen LogP contribution is -2.30. The van der Waals surface area contributed by atoms with Crippen molar-refractivity contribution < 1.29 is 22.7 Å². The Morgan fingerprint density at radius 3 is 2.46 bits per heavy atom. The molecule has 0 saturated heterocycles. The first-order valence-corrected chi connectivity index (χ1v) is 7.50. The third-order valence-corrected chi connectivity index (χ3v) is 2.93. The quantitative estimate of drug-likeness (QED) is 0.821. The van der Waals surface area contributed by atoms with E-state index in [-0.39, 0.29) is 17.0 Å². The Hall–Kier alpha value is -2.89. The van der Waals surface area contributed by atoms with Crippen LogP contribution in [0, 0.1) is 18.3 Å². The van der Waals surface area contributed by atoms with E-state index in [9.17, 15) is 18.0 Å². The minimum absolute atomic E-state index is 0.0787. The lowest BCUT2D eigenvalue weighted by molar-refractivity contribution is -0.137. The predicted octanol–water partition coefficient (Wildman–Crippen LogP) is 3.85. The Labute approximate surface area is 149 Å². The third kappa shape index (κ3) is 5.88. The Bertz CT molecular complexity index is 785. The molecule has 6 nitrogen and oxygen atoms in total. The number of ether oxygens (including phenoxy) is 1. The maximum absolute atomic E-state index is 13.2. The number of alkyl carbamates (subject to hydrolysis) is 1. The monoisotopic (exact) mass is 368 g/mol. The minimum Gasteiger partial charge on any atom is -0.444 e. The molecule has 1 rings (SSSR count). The number of carbonyl (C=O) groups excluding carboxylic acids is 1. The number of aromatic nitrogens is 1. The zero-order valence-corrected chi connectivity index (χ0v) is 15.0. The van der Waals surface area contributed by atoms with Gasteiger partial charge in [0.1, 0.15) is 11.7 Å². The van der Waals surface area contributed by atoms with Gasteiger partial charge < -0.3 is 4.74 Å². The summed E-state index contributed by atoms with van der Waals surface area (Å²) in [7, 11) is 1.42. The van der Waals surface area contributed by atoms with Crippen molar-refractivity contribution in [3.63, 3.8) is 0 Å². The molecule has 1 N–H and O–H groups in total.